The summed E-state index contributed by atoms with van der Waals surface area (Å²) in [4.78, 5) is 37.8. The first-order valence-corrected chi connectivity index (χ1v) is 22.8. The van der Waals surface area contributed by atoms with E-state index < -0.39 is 6.10 Å². The molecular formula is C53H80O6. The zero-order chi connectivity index (χ0) is 43.0. The van der Waals surface area contributed by atoms with E-state index in [1.54, 1.807) is 0 Å². The molecule has 0 saturated carbocycles. The van der Waals surface area contributed by atoms with Crippen LogP contribution in [0.25, 0.3) is 0 Å². The predicted octanol–water partition coefficient (Wildman–Crippen LogP) is 14.7. The third-order valence-electron chi connectivity index (χ3n) is 8.88. The standard InChI is InChI=1S/C53H80O6/c1-4-7-10-13-16-19-22-25-26-29-31-34-37-40-43-46-52(55)58-49-50(59-53(56)47-44-41-38-35-32-28-24-21-18-15-12-9-6-3)48-57-51(54)45-42-39-36-33-30-27-23-20-17-14-11-8-5-2/h7-26,28,32,50H,4-6,27,29-31,33-49H2,1-3H3/b10-7-,11-8-,12-9-,16-13-,17-14-,18-15-,22-19-,23-20-,24-21-,26-25-,32-28-. The molecule has 0 spiro atoms. The number of unbranched alkanes of at least 4 members (excludes halogenated alkanes) is 13. The van der Waals surface area contributed by atoms with E-state index in [2.05, 4.69) is 87.6 Å². The average molecular weight is 813 g/mol. The number of allylic oxidation sites excluding steroid dienone is 22. The van der Waals surface area contributed by atoms with Crippen LogP contribution in [0.5, 0.6) is 0 Å². The number of hydrogen-bond donors (Lipinski definition) is 0. The van der Waals surface area contributed by atoms with Crippen LogP contribution < -0.4 is 0 Å². The van der Waals surface area contributed by atoms with Crippen LogP contribution in [-0.4, -0.2) is 37.2 Å². The summed E-state index contributed by atoms with van der Waals surface area (Å²) in [6.45, 7) is 6.11. The SMILES string of the molecule is CC\C=C/C=C\C=C/C=C\CCCCCCCC(=O)OCC(COC(=O)CCCCCCC\C=C/C=C\C=C/CC)OC(=O)CCCCC\C=C/C=C\C=C/C=C\CC. The fourth-order valence-corrected chi connectivity index (χ4v) is 5.52. The molecule has 0 aliphatic heterocycles. The Labute approximate surface area is 360 Å². The maximum absolute atomic E-state index is 12.7. The molecule has 0 amide bonds. The first-order valence-electron chi connectivity index (χ1n) is 22.8. The first-order chi connectivity index (χ1) is 29.0. The summed E-state index contributed by atoms with van der Waals surface area (Å²) in [6, 6.07) is 0. The Morgan fingerprint density at radius 2 is 0.610 bits per heavy atom. The molecule has 0 N–H and O–H groups in total. The van der Waals surface area contributed by atoms with E-state index in [1.165, 1.54) is 0 Å². The molecule has 0 aromatic carbocycles. The van der Waals surface area contributed by atoms with Gasteiger partial charge in [0.15, 0.2) is 6.10 Å². The topological polar surface area (TPSA) is 78.9 Å². The molecule has 0 aromatic rings. The molecule has 59 heavy (non-hydrogen) atoms. The molecular weight excluding hydrogens is 733 g/mol. The van der Waals surface area contributed by atoms with Gasteiger partial charge in [-0.1, -0.05) is 199 Å². The maximum Gasteiger partial charge on any atom is 0.306 e. The largest absolute Gasteiger partial charge is 0.462 e. The number of carbonyl (C=O) groups excluding carboxylic acids is 3. The Morgan fingerprint density at radius 3 is 0.966 bits per heavy atom. The minimum Gasteiger partial charge on any atom is -0.462 e. The zero-order valence-electron chi connectivity index (χ0n) is 37.2. The highest BCUT2D eigenvalue weighted by atomic mass is 16.6. The van der Waals surface area contributed by atoms with Crippen molar-refractivity contribution in [3.63, 3.8) is 0 Å². The number of rotatable bonds is 38. The molecule has 0 rings (SSSR count). The van der Waals surface area contributed by atoms with Gasteiger partial charge in [0.05, 0.1) is 0 Å². The van der Waals surface area contributed by atoms with Crippen LogP contribution in [0, 0.1) is 0 Å². The summed E-state index contributed by atoms with van der Waals surface area (Å²) in [5, 5.41) is 0. The molecule has 0 aliphatic carbocycles. The monoisotopic (exact) mass is 813 g/mol. The van der Waals surface area contributed by atoms with E-state index in [9.17, 15) is 14.4 Å². The Hall–Kier alpha value is -4.45. The molecule has 0 aliphatic rings. The molecule has 6 heteroatoms. The van der Waals surface area contributed by atoms with Crippen molar-refractivity contribution in [1.29, 1.82) is 0 Å². The Bertz CT molecular complexity index is 1350. The lowest BCUT2D eigenvalue weighted by Crippen LogP contribution is -2.30. The van der Waals surface area contributed by atoms with E-state index in [0.29, 0.717) is 19.3 Å². The average Bonchev–Trinajstić information content (AvgIpc) is 3.23. The minimum absolute atomic E-state index is 0.119. The molecule has 0 aromatic heterocycles. The number of esters is 3. The first kappa shape index (κ1) is 54.6. The van der Waals surface area contributed by atoms with E-state index in [-0.39, 0.29) is 37.5 Å². The lowest BCUT2D eigenvalue weighted by molar-refractivity contribution is -0.167. The fourth-order valence-electron chi connectivity index (χ4n) is 5.52. The Kier molecular flexibility index (Phi) is 42.8. The van der Waals surface area contributed by atoms with Crippen molar-refractivity contribution in [2.24, 2.45) is 0 Å². The summed E-state index contributed by atoms with van der Waals surface area (Å²) >= 11 is 0. The number of ether oxygens (including phenoxy) is 3. The number of carbonyl (C=O) groups is 3. The van der Waals surface area contributed by atoms with Crippen LogP contribution in [0.4, 0.5) is 0 Å². The van der Waals surface area contributed by atoms with Crippen LogP contribution in [0.15, 0.2) is 134 Å². The van der Waals surface area contributed by atoms with Crippen molar-refractivity contribution >= 4 is 17.9 Å². The van der Waals surface area contributed by atoms with Gasteiger partial charge in [0.2, 0.25) is 0 Å². The van der Waals surface area contributed by atoms with Crippen LogP contribution in [-0.2, 0) is 28.6 Å². The molecule has 328 valence electrons. The van der Waals surface area contributed by atoms with Crippen LogP contribution in [0.3, 0.4) is 0 Å². The number of hydrogen-bond acceptors (Lipinski definition) is 6. The van der Waals surface area contributed by atoms with E-state index in [1.807, 2.05) is 66.8 Å². The lowest BCUT2D eigenvalue weighted by atomic mass is 10.1. The zero-order valence-corrected chi connectivity index (χ0v) is 37.2. The van der Waals surface area contributed by atoms with Gasteiger partial charge in [0, 0.05) is 19.3 Å². The van der Waals surface area contributed by atoms with E-state index in [4.69, 9.17) is 14.2 Å². The van der Waals surface area contributed by atoms with Gasteiger partial charge in [-0.15, -0.1) is 0 Å². The van der Waals surface area contributed by atoms with Crippen LogP contribution >= 0.6 is 0 Å². The van der Waals surface area contributed by atoms with Gasteiger partial charge in [0.25, 0.3) is 0 Å². The van der Waals surface area contributed by atoms with Crippen molar-refractivity contribution in [1.82, 2.24) is 0 Å². The highest BCUT2D eigenvalue weighted by Crippen LogP contribution is 2.12. The van der Waals surface area contributed by atoms with Crippen molar-refractivity contribution in [2.45, 2.75) is 168 Å². The Morgan fingerprint density at radius 1 is 0.339 bits per heavy atom. The quantitative estimate of drug-likeness (QED) is 0.0267. The Balaban J connectivity index is 4.56. The molecule has 0 radical (unpaired) electrons. The molecule has 6 nitrogen and oxygen atoms in total. The van der Waals surface area contributed by atoms with Crippen LogP contribution in [0.2, 0.25) is 0 Å². The molecule has 0 fully saturated rings. The van der Waals surface area contributed by atoms with Gasteiger partial charge < -0.3 is 14.2 Å². The third kappa shape index (κ3) is 44.5. The second-order valence-corrected chi connectivity index (χ2v) is 14.4. The van der Waals surface area contributed by atoms with E-state index in [0.717, 1.165) is 116 Å². The van der Waals surface area contributed by atoms with Crippen molar-refractivity contribution in [3.05, 3.63) is 134 Å². The molecule has 0 saturated heterocycles. The molecule has 0 heterocycles. The van der Waals surface area contributed by atoms with Gasteiger partial charge in [-0.25, -0.2) is 0 Å². The lowest BCUT2D eigenvalue weighted by Gasteiger charge is -2.18. The highest BCUT2D eigenvalue weighted by Gasteiger charge is 2.19. The second-order valence-electron chi connectivity index (χ2n) is 14.4. The van der Waals surface area contributed by atoms with Crippen LogP contribution in [0.1, 0.15) is 162 Å². The van der Waals surface area contributed by atoms with Gasteiger partial charge in [0.1, 0.15) is 13.2 Å². The van der Waals surface area contributed by atoms with E-state index >= 15 is 0 Å². The fraction of sp³-hybridized carbons (Fsp3) is 0.528. The van der Waals surface area contributed by atoms with Gasteiger partial charge in [-0.05, 0) is 77.0 Å². The summed E-state index contributed by atoms with van der Waals surface area (Å²) in [7, 11) is 0. The van der Waals surface area contributed by atoms with Gasteiger partial charge in [-0.3, -0.25) is 14.4 Å². The van der Waals surface area contributed by atoms with Crippen molar-refractivity contribution in [3.8, 4) is 0 Å². The summed E-state index contributed by atoms with van der Waals surface area (Å²) in [5.74, 6) is -1.02. The van der Waals surface area contributed by atoms with Crippen molar-refractivity contribution < 1.29 is 28.6 Å². The predicted molar refractivity (Wildman–Crippen MR) is 251 cm³/mol. The minimum atomic E-state index is -0.820. The highest BCUT2D eigenvalue weighted by molar-refractivity contribution is 5.71. The van der Waals surface area contributed by atoms with Gasteiger partial charge >= 0.3 is 17.9 Å². The summed E-state index contributed by atoms with van der Waals surface area (Å²) in [6.07, 6.45) is 64.3. The third-order valence-corrected chi connectivity index (χ3v) is 8.88. The molecule has 0 bridgehead atoms. The molecule has 1 atom stereocenters. The van der Waals surface area contributed by atoms with Crippen molar-refractivity contribution in [2.75, 3.05) is 13.2 Å². The second kappa shape index (κ2) is 46.2. The normalized spacial score (nSPS) is 13.3. The summed E-state index contributed by atoms with van der Waals surface area (Å²) in [5.41, 5.74) is 0. The smallest absolute Gasteiger partial charge is 0.306 e. The summed E-state index contributed by atoms with van der Waals surface area (Å²) < 4.78 is 16.6. The van der Waals surface area contributed by atoms with Gasteiger partial charge in [-0.2, -0.15) is 0 Å². The molecule has 1 unspecified atom stereocenters. The maximum atomic E-state index is 12.7.